The van der Waals surface area contributed by atoms with E-state index in [1.165, 1.54) is 42.7 Å². The topological polar surface area (TPSA) is 24.4 Å². The number of rotatable bonds is 0. The van der Waals surface area contributed by atoms with Crippen LogP contribution in [-0.4, -0.2) is 22.5 Å². The van der Waals surface area contributed by atoms with E-state index in [1.807, 2.05) is 0 Å². The second-order valence-corrected chi connectivity index (χ2v) is 6.80. The highest BCUT2D eigenvalue weighted by Crippen LogP contribution is 2.37. The third-order valence-electron chi connectivity index (χ3n) is 5.58. The Hall–Kier alpha value is -2.10. The molecular formula is C18H21N4+. The summed E-state index contributed by atoms with van der Waals surface area (Å²) in [5.41, 5.74) is 4.70. The van der Waals surface area contributed by atoms with E-state index in [0.717, 1.165) is 11.2 Å². The number of benzene rings is 1. The van der Waals surface area contributed by atoms with Crippen molar-refractivity contribution in [2.75, 3.05) is 11.9 Å². The zero-order valence-electron chi connectivity index (χ0n) is 13.2. The summed E-state index contributed by atoms with van der Waals surface area (Å²) in [6.45, 7) is 2.18. The standard InChI is InChI=1S/C18H21N4/c1-12-6-5-7-13-17(12)22-16(19-13)10-11-21-15-9-4-3-8-14(15)20(2)18(21)22/h5-7,10-11,14-15H,3-4,8-9H2,1-2H3/q+1. The van der Waals surface area contributed by atoms with Crippen LogP contribution in [0.1, 0.15) is 37.3 Å². The molecule has 2 aliphatic rings. The van der Waals surface area contributed by atoms with Gasteiger partial charge < -0.3 is 0 Å². The van der Waals surface area contributed by atoms with Gasteiger partial charge in [-0.3, -0.25) is 4.90 Å². The maximum absolute atomic E-state index is 4.83. The Balaban J connectivity index is 1.90. The summed E-state index contributed by atoms with van der Waals surface area (Å²) in [5, 5.41) is 0. The smallest absolute Gasteiger partial charge is 0.260 e. The lowest BCUT2D eigenvalue weighted by molar-refractivity contribution is -0.704. The molecule has 0 radical (unpaired) electrons. The predicted molar refractivity (Wildman–Crippen MR) is 87.3 cm³/mol. The number of likely N-dealkylation sites (N-methyl/N-ethyl adjacent to an activating group) is 1. The van der Waals surface area contributed by atoms with Crippen molar-refractivity contribution in [1.29, 1.82) is 0 Å². The van der Waals surface area contributed by atoms with Crippen LogP contribution >= 0.6 is 0 Å². The molecular weight excluding hydrogens is 272 g/mol. The molecule has 1 aliphatic heterocycles. The number of aromatic nitrogens is 3. The first-order chi connectivity index (χ1) is 10.8. The minimum Gasteiger partial charge on any atom is -0.260 e. The fourth-order valence-corrected chi connectivity index (χ4v) is 4.57. The number of fused-ring (bicyclic) bond motifs is 7. The minimum absolute atomic E-state index is 0.625. The molecule has 1 aromatic carbocycles. The molecule has 22 heavy (non-hydrogen) atoms. The van der Waals surface area contributed by atoms with E-state index in [0.29, 0.717) is 12.1 Å². The molecule has 3 heterocycles. The highest BCUT2D eigenvalue weighted by Gasteiger charge is 2.45. The van der Waals surface area contributed by atoms with Crippen LogP contribution in [0.5, 0.6) is 0 Å². The number of aryl methyl sites for hydroxylation is 1. The second kappa shape index (κ2) is 4.22. The number of anilines is 1. The lowest BCUT2D eigenvalue weighted by Crippen LogP contribution is -2.42. The Morgan fingerprint density at radius 3 is 2.95 bits per heavy atom. The first kappa shape index (κ1) is 12.4. The van der Waals surface area contributed by atoms with Gasteiger partial charge in [0, 0.05) is 6.07 Å². The Morgan fingerprint density at radius 2 is 2.05 bits per heavy atom. The van der Waals surface area contributed by atoms with Gasteiger partial charge in [0.1, 0.15) is 23.1 Å². The van der Waals surface area contributed by atoms with E-state index in [9.17, 15) is 0 Å². The van der Waals surface area contributed by atoms with E-state index in [4.69, 9.17) is 4.98 Å². The molecule has 4 heteroatoms. The molecule has 0 bridgehead atoms. The summed E-state index contributed by atoms with van der Waals surface area (Å²) in [6, 6.07) is 9.84. The molecule has 1 aliphatic carbocycles. The van der Waals surface area contributed by atoms with E-state index in [2.05, 4.69) is 58.3 Å². The fraction of sp³-hybridized carbons (Fsp3) is 0.444. The fourth-order valence-electron chi connectivity index (χ4n) is 4.57. The summed E-state index contributed by atoms with van der Waals surface area (Å²) in [5.74, 6) is 1.30. The van der Waals surface area contributed by atoms with Gasteiger partial charge in [-0.15, -0.1) is 0 Å². The third kappa shape index (κ3) is 1.42. The van der Waals surface area contributed by atoms with Crippen LogP contribution in [0.2, 0.25) is 0 Å². The first-order valence-electron chi connectivity index (χ1n) is 8.30. The number of hydrogen-bond donors (Lipinski definition) is 0. The quantitative estimate of drug-likeness (QED) is 0.595. The molecule has 0 N–H and O–H groups in total. The van der Waals surface area contributed by atoms with Gasteiger partial charge in [0.25, 0.3) is 0 Å². The minimum atomic E-state index is 0.625. The van der Waals surface area contributed by atoms with Gasteiger partial charge in [-0.2, -0.15) is 4.40 Å². The summed E-state index contributed by atoms with van der Waals surface area (Å²) in [4.78, 5) is 7.32. The molecule has 2 unspecified atom stereocenters. The molecule has 112 valence electrons. The SMILES string of the molecule is Cc1cccc2nc3cc[n+]4c(n3c12)N(C)C1CCCCC14. The Labute approximate surface area is 130 Å². The molecule has 0 spiro atoms. The number of para-hydroxylation sites is 1. The van der Waals surface area contributed by atoms with Gasteiger partial charge >= 0.3 is 5.95 Å². The van der Waals surface area contributed by atoms with Crippen molar-refractivity contribution in [3.63, 3.8) is 0 Å². The summed E-state index contributed by atoms with van der Waals surface area (Å²) >= 11 is 0. The molecule has 2 aromatic heterocycles. The highest BCUT2D eigenvalue weighted by atomic mass is 15.4. The van der Waals surface area contributed by atoms with Gasteiger partial charge in [-0.25, -0.2) is 9.55 Å². The van der Waals surface area contributed by atoms with Crippen LogP contribution < -0.4 is 9.47 Å². The largest absolute Gasteiger partial charge is 0.366 e. The van der Waals surface area contributed by atoms with E-state index >= 15 is 0 Å². The molecule has 0 amide bonds. The van der Waals surface area contributed by atoms with Crippen LogP contribution in [-0.2, 0) is 0 Å². The number of imidazole rings is 1. The molecule has 1 fully saturated rings. The molecule has 4 nitrogen and oxygen atoms in total. The van der Waals surface area contributed by atoms with Crippen molar-refractivity contribution in [1.82, 2.24) is 9.38 Å². The molecule has 1 saturated carbocycles. The van der Waals surface area contributed by atoms with E-state index in [1.54, 1.807) is 0 Å². The van der Waals surface area contributed by atoms with Crippen molar-refractivity contribution in [3.8, 4) is 0 Å². The van der Waals surface area contributed by atoms with Crippen LogP contribution in [0, 0.1) is 6.92 Å². The number of nitrogens with zero attached hydrogens (tertiary/aromatic N) is 4. The monoisotopic (exact) mass is 293 g/mol. The second-order valence-electron chi connectivity index (χ2n) is 6.80. The van der Waals surface area contributed by atoms with Gasteiger partial charge in [0.15, 0.2) is 0 Å². The molecule has 2 atom stereocenters. The van der Waals surface area contributed by atoms with Gasteiger partial charge in [-0.05, 0) is 44.2 Å². The van der Waals surface area contributed by atoms with Crippen LogP contribution in [0.25, 0.3) is 16.7 Å². The number of hydrogen-bond acceptors (Lipinski definition) is 2. The predicted octanol–water partition coefficient (Wildman–Crippen LogP) is 3.02. The normalized spacial score (nSPS) is 24.0. The first-order valence-corrected chi connectivity index (χ1v) is 8.30. The molecule has 3 aromatic rings. The Bertz CT molecular complexity index is 895. The van der Waals surface area contributed by atoms with Crippen molar-refractivity contribution >= 4 is 22.6 Å². The average molecular weight is 293 g/mol. The van der Waals surface area contributed by atoms with E-state index in [-0.39, 0.29) is 0 Å². The molecule has 0 saturated heterocycles. The summed E-state index contributed by atoms with van der Waals surface area (Å²) in [7, 11) is 2.26. The maximum Gasteiger partial charge on any atom is 0.366 e. The Kier molecular flexibility index (Phi) is 2.38. The van der Waals surface area contributed by atoms with Crippen molar-refractivity contribution in [3.05, 3.63) is 36.0 Å². The van der Waals surface area contributed by atoms with Crippen molar-refractivity contribution in [2.24, 2.45) is 0 Å². The van der Waals surface area contributed by atoms with Crippen LogP contribution in [0.15, 0.2) is 30.5 Å². The van der Waals surface area contributed by atoms with Gasteiger partial charge in [-0.1, -0.05) is 12.1 Å². The molecule has 5 rings (SSSR count). The van der Waals surface area contributed by atoms with Crippen molar-refractivity contribution in [2.45, 2.75) is 44.7 Å². The Morgan fingerprint density at radius 1 is 1.18 bits per heavy atom. The lowest BCUT2D eigenvalue weighted by atomic mass is 9.91. The van der Waals surface area contributed by atoms with Crippen molar-refractivity contribution < 1.29 is 4.57 Å². The maximum atomic E-state index is 4.83. The summed E-state index contributed by atoms with van der Waals surface area (Å²) < 4.78 is 4.85. The highest BCUT2D eigenvalue weighted by molar-refractivity contribution is 5.84. The van der Waals surface area contributed by atoms with Crippen LogP contribution in [0.4, 0.5) is 5.95 Å². The van der Waals surface area contributed by atoms with Gasteiger partial charge in [0.05, 0.1) is 13.2 Å². The zero-order chi connectivity index (χ0) is 14.8. The summed E-state index contributed by atoms with van der Waals surface area (Å²) in [6.07, 6.45) is 7.55. The van der Waals surface area contributed by atoms with E-state index < -0.39 is 0 Å². The lowest BCUT2D eigenvalue weighted by Gasteiger charge is -2.24. The van der Waals surface area contributed by atoms with Crippen LogP contribution in [0.3, 0.4) is 0 Å². The third-order valence-corrected chi connectivity index (χ3v) is 5.58. The zero-order valence-corrected chi connectivity index (χ0v) is 13.2. The van der Waals surface area contributed by atoms with Gasteiger partial charge in [0.2, 0.25) is 5.65 Å². The average Bonchev–Trinajstić information content (AvgIpc) is 3.05.